The molecule has 0 amide bonds. The second kappa shape index (κ2) is 6.06. The normalized spacial score (nSPS) is 24.6. The number of piperidine rings is 1. The molecule has 1 aromatic carbocycles. The summed E-state index contributed by atoms with van der Waals surface area (Å²) in [6.45, 7) is 7.53. The number of rotatable bonds is 4. The molecule has 1 saturated heterocycles. The molecule has 1 aliphatic heterocycles. The van der Waals surface area contributed by atoms with E-state index in [4.69, 9.17) is 4.74 Å². The third kappa shape index (κ3) is 3.01. The number of hydrogen-bond donors (Lipinski definition) is 1. The molecule has 2 nitrogen and oxygen atoms in total. The first-order chi connectivity index (χ1) is 8.33. The smallest absolute Gasteiger partial charge is 0.122 e. The van der Waals surface area contributed by atoms with Crippen LogP contribution in [0.15, 0.2) is 24.3 Å². The van der Waals surface area contributed by atoms with E-state index in [0.717, 1.165) is 37.8 Å². The lowest BCUT2D eigenvalue weighted by Crippen LogP contribution is -2.34. The Balaban J connectivity index is 2.17. The minimum absolute atomic E-state index is 0.594. The summed E-state index contributed by atoms with van der Waals surface area (Å²) in [5, 5.41) is 3.49. The molecule has 0 spiro atoms. The highest BCUT2D eigenvalue weighted by molar-refractivity contribution is 5.37. The average molecular weight is 233 g/mol. The molecule has 2 heteroatoms. The van der Waals surface area contributed by atoms with E-state index in [2.05, 4.69) is 43.4 Å². The van der Waals surface area contributed by atoms with Gasteiger partial charge in [-0.05, 0) is 36.9 Å². The van der Waals surface area contributed by atoms with Crippen molar-refractivity contribution in [3.63, 3.8) is 0 Å². The van der Waals surface area contributed by atoms with Crippen LogP contribution in [0, 0.1) is 5.92 Å². The van der Waals surface area contributed by atoms with Gasteiger partial charge in [0.1, 0.15) is 5.75 Å². The molecule has 1 aliphatic rings. The largest absolute Gasteiger partial charge is 0.493 e. The van der Waals surface area contributed by atoms with E-state index in [0.29, 0.717) is 5.92 Å². The van der Waals surface area contributed by atoms with E-state index in [1.54, 1.807) is 0 Å². The van der Waals surface area contributed by atoms with Gasteiger partial charge in [0.15, 0.2) is 0 Å². The van der Waals surface area contributed by atoms with Crippen LogP contribution in [0.25, 0.3) is 0 Å². The van der Waals surface area contributed by atoms with Crippen molar-refractivity contribution in [1.82, 2.24) is 5.32 Å². The van der Waals surface area contributed by atoms with Gasteiger partial charge in [0, 0.05) is 12.5 Å². The van der Waals surface area contributed by atoms with Crippen molar-refractivity contribution in [3.05, 3.63) is 29.8 Å². The highest BCUT2D eigenvalue weighted by Crippen LogP contribution is 2.34. The van der Waals surface area contributed by atoms with Crippen LogP contribution < -0.4 is 10.1 Å². The van der Waals surface area contributed by atoms with Crippen LogP contribution in [0.1, 0.15) is 38.2 Å². The molecular weight excluding hydrogens is 210 g/mol. The minimum atomic E-state index is 0.594. The fourth-order valence-corrected chi connectivity index (χ4v) is 2.54. The zero-order chi connectivity index (χ0) is 12.1. The quantitative estimate of drug-likeness (QED) is 0.862. The van der Waals surface area contributed by atoms with Crippen molar-refractivity contribution in [2.75, 3.05) is 19.7 Å². The molecule has 1 N–H and O–H groups in total. The zero-order valence-corrected chi connectivity index (χ0v) is 10.9. The summed E-state index contributed by atoms with van der Waals surface area (Å²) in [6.07, 6.45) is 2.32. The summed E-state index contributed by atoms with van der Waals surface area (Å²) in [7, 11) is 0. The summed E-state index contributed by atoms with van der Waals surface area (Å²) in [5.41, 5.74) is 1.38. The van der Waals surface area contributed by atoms with Crippen LogP contribution >= 0.6 is 0 Å². The van der Waals surface area contributed by atoms with Gasteiger partial charge in [-0.3, -0.25) is 0 Å². The van der Waals surface area contributed by atoms with Gasteiger partial charge in [-0.2, -0.15) is 0 Å². The Hall–Kier alpha value is -1.02. The van der Waals surface area contributed by atoms with Crippen LogP contribution in [-0.2, 0) is 0 Å². The van der Waals surface area contributed by atoms with E-state index >= 15 is 0 Å². The first-order valence-electron chi connectivity index (χ1n) is 6.75. The minimum Gasteiger partial charge on any atom is -0.493 e. The molecular formula is C15H23NO. The molecule has 1 heterocycles. The molecule has 2 unspecified atom stereocenters. The molecule has 1 fully saturated rings. The van der Waals surface area contributed by atoms with Gasteiger partial charge in [-0.15, -0.1) is 0 Å². The molecule has 1 aromatic rings. The number of hydrogen-bond acceptors (Lipinski definition) is 2. The molecule has 17 heavy (non-hydrogen) atoms. The van der Waals surface area contributed by atoms with Crippen LogP contribution in [0.3, 0.4) is 0 Å². The number of para-hydroxylation sites is 1. The Morgan fingerprint density at radius 1 is 1.35 bits per heavy atom. The van der Waals surface area contributed by atoms with Gasteiger partial charge in [-0.25, -0.2) is 0 Å². The number of ether oxygens (including phenoxy) is 1. The van der Waals surface area contributed by atoms with Crippen LogP contribution in [-0.4, -0.2) is 19.7 Å². The van der Waals surface area contributed by atoms with Crippen molar-refractivity contribution < 1.29 is 4.74 Å². The van der Waals surface area contributed by atoms with E-state index < -0.39 is 0 Å². The Labute approximate surface area is 104 Å². The van der Waals surface area contributed by atoms with E-state index in [1.807, 2.05) is 0 Å². The molecule has 0 bridgehead atoms. The lowest BCUT2D eigenvalue weighted by Gasteiger charge is -2.31. The van der Waals surface area contributed by atoms with Crippen molar-refractivity contribution in [2.24, 2.45) is 5.92 Å². The second-order valence-corrected chi connectivity index (χ2v) is 4.96. The van der Waals surface area contributed by atoms with Crippen molar-refractivity contribution in [2.45, 2.75) is 32.6 Å². The molecule has 2 atom stereocenters. The number of benzene rings is 1. The fourth-order valence-electron chi connectivity index (χ4n) is 2.54. The summed E-state index contributed by atoms with van der Waals surface area (Å²) in [5.74, 6) is 2.41. The van der Waals surface area contributed by atoms with Gasteiger partial charge in [0.05, 0.1) is 6.61 Å². The second-order valence-electron chi connectivity index (χ2n) is 4.96. The van der Waals surface area contributed by atoms with Crippen LogP contribution in [0.4, 0.5) is 0 Å². The third-order valence-electron chi connectivity index (χ3n) is 3.61. The fraction of sp³-hybridized carbons (Fsp3) is 0.600. The Kier molecular flexibility index (Phi) is 4.43. The summed E-state index contributed by atoms with van der Waals surface area (Å²) < 4.78 is 5.86. The van der Waals surface area contributed by atoms with Crippen LogP contribution in [0.2, 0.25) is 0 Å². The maximum Gasteiger partial charge on any atom is 0.122 e. The van der Waals surface area contributed by atoms with Gasteiger partial charge in [-0.1, -0.05) is 32.0 Å². The highest BCUT2D eigenvalue weighted by Gasteiger charge is 2.24. The molecule has 0 saturated carbocycles. The summed E-state index contributed by atoms with van der Waals surface area (Å²) >= 11 is 0. The lowest BCUT2D eigenvalue weighted by atomic mass is 9.82. The van der Waals surface area contributed by atoms with E-state index in [1.165, 1.54) is 12.0 Å². The Bertz CT molecular complexity index is 351. The van der Waals surface area contributed by atoms with Gasteiger partial charge in [0.25, 0.3) is 0 Å². The van der Waals surface area contributed by atoms with Crippen LogP contribution in [0.5, 0.6) is 5.75 Å². The number of nitrogens with one attached hydrogen (secondary N) is 1. The third-order valence-corrected chi connectivity index (χ3v) is 3.61. The topological polar surface area (TPSA) is 21.3 Å². The summed E-state index contributed by atoms with van der Waals surface area (Å²) in [6, 6.07) is 8.51. The molecule has 94 valence electrons. The Morgan fingerprint density at radius 2 is 2.18 bits per heavy atom. The average Bonchev–Trinajstić information content (AvgIpc) is 2.37. The van der Waals surface area contributed by atoms with Gasteiger partial charge in [0.2, 0.25) is 0 Å². The molecule has 2 rings (SSSR count). The lowest BCUT2D eigenvalue weighted by molar-refractivity contribution is 0.296. The predicted molar refractivity (Wildman–Crippen MR) is 71.6 cm³/mol. The zero-order valence-electron chi connectivity index (χ0n) is 10.9. The van der Waals surface area contributed by atoms with Crippen molar-refractivity contribution >= 4 is 0 Å². The molecule has 0 aliphatic carbocycles. The van der Waals surface area contributed by atoms with Gasteiger partial charge >= 0.3 is 0 Å². The monoisotopic (exact) mass is 233 g/mol. The van der Waals surface area contributed by atoms with Gasteiger partial charge < -0.3 is 10.1 Å². The van der Waals surface area contributed by atoms with E-state index in [-0.39, 0.29) is 0 Å². The van der Waals surface area contributed by atoms with Crippen molar-refractivity contribution in [3.8, 4) is 5.75 Å². The van der Waals surface area contributed by atoms with E-state index in [9.17, 15) is 0 Å². The van der Waals surface area contributed by atoms with Crippen molar-refractivity contribution in [1.29, 1.82) is 0 Å². The first kappa shape index (κ1) is 12.4. The standard InChI is InChI=1S/C15H23NO/c1-3-10-17-15-7-5-4-6-13(15)14-11-16-9-8-12(14)2/h4-7,12,14,16H,3,8-11H2,1-2H3. The maximum absolute atomic E-state index is 5.86. The Morgan fingerprint density at radius 3 is 2.94 bits per heavy atom. The SMILES string of the molecule is CCCOc1ccccc1C1CNCCC1C. The molecule has 0 radical (unpaired) electrons. The first-order valence-corrected chi connectivity index (χ1v) is 6.75. The summed E-state index contributed by atoms with van der Waals surface area (Å²) in [4.78, 5) is 0. The maximum atomic E-state index is 5.86. The highest BCUT2D eigenvalue weighted by atomic mass is 16.5. The molecule has 0 aromatic heterocycles. The predicted octanol–water partition coefficient (Wildman–Crippen LogP) is 3.19.